The summed E-state index contributed by atoms with van der Waals surface area (Å²) in [5, 5.41) is 2.14. The van der Waals surface area contributed by atoms with Crippen LogP contribution in [0, 0.1) is 18.5 Å². The Bertz CT molecular complexity index is 3690. The maximum Gasteiger partial charge on any atom is 0.268 e. The first-order valence-electron chi connectivity index (χ1n) is 24.6. The Labute approximate surface area is 410 Å². The molecule has 3 heterocycles. The van der Waals surface area contributed by atoms with Crippen LogP contribution in [-0.2, 0) is 37.3 Å². The molecular formula is C60H54N4OPt-2. The first-order chi connectivity index (χ1) is 33.2. The second-order valence-corrected chi connectivity index (χ2v) is 19.9. The number of pyridine rings is 1. The minimum absolute atomic E-state index is 0. The molecule has 0 radical (unpaired) electrons. The van der Waals surface area contributed by atoms with Gasteiger partial charge in [-0.15, -0.1) is 29.7 Å². The number of para-hydroxylation sites is 3. The summed E-state index contributed by atoms with van der Waals surface area (Å²) in [5.74, 6) is 1.84. The molecule has 0 fully saturated rings. The summed E-state index contributed by atoms with van der Waals surface area (Å²) in [6.45, 7) is 19.6. The van der Waals surface area contributed by atoms with Crippen LogP contribution in [0.4, 0.5) is 0 Å². The Morgan fingerprint density at radius 3 is 2.05 bits per heavy atom. The smallest absolute Gasteiger partial charge is 0.268 e. The summed E-state index contributed by atoms with van der Waals surface area (Å²) in [7, 11) is 0. The first-order valence-corrected chi connectivity index (χ1v) is 22.1. The quantitative estimate of drug-likeness (QED) is 0.118. The Morgan fingerprint density at radius 1 is 0.591 bits per heavy atom. The summed E-state index contributed by atoms with van der Waals surface area (Å²) in [5.41, 5.74) is 10.2. The fourth-order valence-electron chi connectivity index (χ4n) is 8.69. The third-order valence-electron chi connectivity index (χ3n) is 12.1. The maximum atomic E-state index is 9.03. The molecule has 0 aliphatic rings. The van der Waals surface area contributed by atoms with E-state index in [1.807, 2.05) is 65.4 Å². The van der Waals surface area contributed by atoms with E-state index < -0.39 is 11.5 Å². The molecular weight excluding hydrogens is 988 g/mol. The average Bonchev–Trinajstić information content (AvgIpc) is 3.88. The molecule has 10 aromatic rings. The van der Waals surface area contributed by atoms with Gasteiger partial charge in [-0.05, 0) is 90.5 Å². The van der Waals surface area contributed by atoms with Crippen LogP contribution >= 0.6 is 0 Å². The normalized spacial score (nSPS) is 13.3. The molecule has 66 heavy (non-hydrogen) atoms. The summed E-state index contributed by atoms with van der Waals surface area (Å²) in [4.78, 5) is 4.84. The van der Waals surface area contributed by atoms with Crippen molar-refractivity contribution in [3.05, 3.63) is 199 Å². The van der Waals surface area contributed by atoms with Gasteiger partial charge in [0, 0.05) is 44.3 Å². The van der Waals surface area contributed by atoms with Crippen LogP contribution in [0.3, 0.4) is 0 Å². The Hall–Kier alpha value is -6.55. The Kier molecular flexibility index (Phi) is 9.98. The average molecular weight is 1050 g/mol. The molecule has 0 amide bonds. The number of benzene rings is 7. The standard InChI is InChI=1S/C60H54N4O.Pt/c1-58(2,3)43-22-17-21-41(33-43)50-34-42(40-19-11-10-12-20-40)35-51(60(7,8)9)57(50)63-39-62(53-27-15-16-28-54(53)63)45-23-18-24-46(37-45)65-47-29-30-49-48-25-13-14-26-52(48)64(55(49)38-47)56-36-44(31-32-61-56)59(4,5)6;/h10-36H,1-9H3;/q-2;/i10D,11D,12D,19D,20D;. The number of nitrogens with zero attached hydrogens (tertiary/aromatic N) is 4. The SMILES string of the molecule is [2H]c1c([2H])c([2H])c(-c2cc(-c3cccc(C(C)(C)C)c3)c(-[n+]3[c-]n(-c4[c-]c(Oc5[c-]c6c(cc5)c5ccccc5n6-c5cc(C(C)(C)C)ccn5)ccc4)c4ccccc43)c(C(C)(C)C)c2)c([2H])c1[2H].[Pt]. The second kappa shape index (κ2) is 17.0. The Morgan fingerprint density at radius 2 is 1.29 bits per heavy atom. The van der Waals surface area contributed by atoms with Crippen LogP contribution in [0.15, 0.2) is 164 Å². The largest absolute Gasteiger partial charge is 0.510 e. The van der Waals surface area contributed by atoms with Crippen LogP contribution < -0.4 is 9.30 Å². The van der Waals surface area contributed by atoms with Gasteiger partial charge in [0.15, 0.2) is 0 Å². The third kappa shape index (κ3) is 8.31. The topological polar surface area (TPSA) is 35.9 Å². The number of fused-ring (bicyclic) bond motifs is 4. The molecule has 0 bridgehead atoms. The summed E-state index contributed by atoms with van der Waals surface area (Å²) >= 11 is 0. The van der Waals surface area contributed by atoms with E-state index in [1.54, 1.807) is 0 Å². The van der Waals surface area contributed by atoms with Gasteiger partial charge in [0.1, 0.15) is 5.82 Å². The van der Waals surface area contributed by atoms with Gasteiger partial charge in [0.05, 0.1) is 23.6 Å². The molecule has 6 heteroatoms. The van der Waals surface area contributed by atoms with E-state index in [-0.39, 0.29) is 61.6 Å². The van der Waals surface area contributed by atoms with Crippen molar-refractivity contribution in [1.82, 2.24) is 14.1 Å². The third-order valence-corrected chi connectivity index (χ3v) is 12.1. The number of imidazole rings is 1. The summed E-state index contributed by atoms with van der Waals surface area (Å²) in [6, 6.07) is 48.5. The summed E-state index contributed by atoms with van der Waals surface area (Å²) < 4.78 is 56.5. The molecule has 0 unspecified atom stereocenters. The van der Waals surface area contributed by atoms with Gasteiger partial charge >= 0.3 is 0 Å². The van der Waals surface area contributed by atoms with Gasteiger partial charge in [0.25, 0.3) is 6.33 Å². The molecule has 0 atom stereocenters. The fraction of sp³-hybridized carbons (Fsp3) is 0.200. The Balaban J connectivity index is 0.00000624. The molecule has 5 nitrogen and oxygen atoms in total. The minimum atomic E-state index is -0.492. The number of aromatic nitrogens is 4. The van der Waals surface area contributed by atoms with E-state index in [1.165, 1.54) is 5.56 Å². The zero-order valence-electron chi connectivity index (χ0n) is 43.7. The van der Waals surface area contributed by atoms with Crippen molar-refractivity contribution in [2.45, 2.75) is 78.6 Å². The number of hydrogen-bond acceptors (Lipinski definition) is 2. The van der Waals surface area contributed by atoms with E-state index in [4.69, 9.17) is 16.6 Å². The van der Waals surface area contributed by atoms with Crippen LogP contribution in [0.1, 0.15) is 85.9 Å². The van der Waals surface area contributed by atoms with E-state index in [0.29, 0.717) is 22.7 Å². The van der Waals surface area contributed by atoms with Crippen molar-refractivity contribution >= 4 is 32.8 Å². The minimum Gasteiger partial charge on any atom is -0.510 e. The van der Waals surface area contributed by atoms with Crippen LogP contribution in [0.5, 0.6) is 11.5 Å². The predicted octanol–water partition coefficient (Wildman–Crippen LogP) is 14.8. The maximum absolute atomic E-state index is 9.03. The monoisotopic (exact) mass is 1050 g/mol. The van der Waals surface area contributed by atoms with Crippen molar-refractivity contribution in [3.63, 3.8) is 0 Å². The van der Waals surface area contributed by atoms with Crippen molar-refractivity contribution in [3.8, 4) is 50.9 Å². The zero-order chi connectivity index (χ0) is 49.6. The molecule has 3 aromatic heterocycles. The zero-order valence-corrected chi connectivity index (χ0v) is 41.0. The van der Waals surface area contributed by atoms with Crippen molar-refractivity contribution in [1.29, 1.82) is 0 Å². The molecule has 0 saturated carbocycles. The van der Waals surface area contributed by atoms with Gasteiger partial charge in [0.2, 0.25) is 0 Å². The molecule has 0 aliphatic heterocycles. The van der Waals surface area contributed by atoms with Crippen LogP contribution in [0.2, 0.25) is 0 Å². The number of ether oxygens (including phenoxy) is 1. The van der Waals surface area contributed by atoms with Gasteiger partial charge in [-0.3, -0.25) is 4.57 Å². The molecule has 0 aliphatic carbocycles. The fourth-order valence-corrected chi connectivity index (χ4v) is 8.69. The molecule has 0 spiro atoms. The van der Waals surface area contributed by atoms with E-state index >= 15 is 0 Å². The van der Waals surface area contributed by atoms with Crippen molar-refractivity contribution < 1.29 is 37.2 Å². The van der Waals surface area contributed by atoms with E-state index in [0.717, 1.165) is 66.6 Å². The first kappa shape index (κ1) is 38.7. The van der Waals surface area contributed by atoms with Gasteiger partial charge in [-0.25, -0.2) is 4.98 Å². The molecule has 332 valence electrons. The van der Waals surface area contributed by atoms with E-state index in [2.05, 4.69) is 163 Å². The molecule has 10 rings (SSSR count). The number of rotatable bonds is 7. The van der Waals surface area contributed by atoms with Crippen molar-refractivity contribution in [2.24, 2.45) is 0 Å². The van der Waals surface area contributed by atoms with Gasteiger partial charge in [-0.1, -0.05) is 171 Å². The van der Waals surface area contributed by atoms with Gasteiger partial charge < -0.3 is 13.9 Å². The van der Waals surface area contributed by atoms with Crippen LogP contribution in [0.25, 0.3) is 72.3 Å². The van der Waals surface area contributed by atoms with Crippen LogP contribution in [-0.4, -0.2) is 14.1 Å². The predicted molar refractivity (Wildman–Crippen MR) is 267 cm³/mol. The van der Waals surface area contributed by atoms with Gasteiger partial charge in [-0.2, -0.15) is 18.2 Å². The number of hydrogen-bond donors (Lipinski definition) is 0. The van der Waals surface area contributed by atoms with E-state index in [9.17, 15) is 0 Å². The molecule has 0 N–H and O–H groups in total. The second-order valence-electron chi connectivity index (χ2n) is 19.9. The molecule has 7 aromatic carbocycles. The summed E-state index contributed by atoms with van der Waals surface area (Å²) in [6.07, 6.45) is 5.61. The molecule has 0 saturated heterocycles. The van der Waals surface area contributed by atoms with Crippen molar-refractivity contribution in [2.75, 3.05) is 0 Å².